The molecule has 7 nitrogen and oxygen atoms in total. The first kappa shape index (κ1) is 19.8. The van der Waals surface area contributed by atoms with Crippen LogP contribution in [0.25, 0.3) is 0 Å². The van der Waals surface area contributed by atoms with Gasteiger partial charge >= 0.3 is 0 Å². The van der Waals surface area contributed by atoms with Gasteiger partial charge in [0.15, 0.2) is 0 Å². The van der Waals surface area contributed by atoms with Gasteiger partial charge in [-0.15, -0.1) is 0 Å². The highest BCUT2D eigenvalue weighted by Gasteiger charge is 2.25. The fourth-order valence-electron chi connectivity index (χ4n) is 3.31. The largest absolute Gasteiger partial charge is 0.337 e. The summed E-state index contributed by atoms with van der Waals surface area (Å²) in [5.41, 5.74) is 1.42. The number of nitrogens with one attached hydrogen (secondary N) is 1. The molecule has 2 aromatic carbocycles. The minimum atomic E-state index is -0.294. The molecule has 1 saturated heterocycles. The van der Waals surface area contributed by atoms with E-state index in [1.807, 2.05) is 0 Å². The SMILES string of the molecule is O=C(Nc1ccccc1C(=O)N1CCN(c2ncccn2)CC1)c1ccc(Cl)cc1. The molecule has 152 valence electrons. The first-order valence-electron chi connectivity index (χ1n) is 9.59. The molecule has 1 fully saturated rings. The van der Waals surface area contributed by atoms with E-state index in [9.17, 15) is 9.59 Å². The monoisotopic (exact) mass is 421 g/mol. The van der Waals surface area contributed by atoms with E-state index in [1.54, 1.807) is 71.9 Å². The quantitative estimate of drug-likeness (QED) is 0.699. The van der Waals surface area contributed by atoms with Crippen LogP contribution in [0.3, 0.4) is 0 Å². The molecule has 0 bridgehead atoms. The number of piperazine rings is 1. The second kappa shape index (κ2) is 8.92. The van der Waals surface area contributed by atoms with Crippen LogP contribution in [-0.2, 0) is 0 Å². The Bertz CT molecular complexity index is 1030. The third kappa shape index (κ3) is 4.41. The molecule has 3 aromatic rings. The number of amides is 2. The summed E-state index contributed by atoms with van der Waals surface area (Å²) in [6.07, 6.45) is 3.42. The summed E-state index contributed by atoms with van der Waals surface area (Å²) in [4.78, 5) is 38.1. The topological polar surface area (TPSA) is 78.4 Å². The molecule has 0 unspecified atom stereocenters. The van der Waals surface area contributed by atoms with Crippen molar-refractivity contribution in [3.63, 3.8) is 0 Å². The van der Waals surface area contributed by atoms with Gasteiger partial charge in [0, 0.05) is 49.2 Å². The highest BCUT2D eigenvalue weighted by atomic mass is 35.5. The lowest BCUT2D eigenvalue weighted by atomic mass is 10.1. The second-order valence-electron chi connectivity index (χ2n) is 6.83. The van der Waals surface area contributed by atoms with Gasteiger partial charge in [-0.05, 0) is 42.5 Å². The average Bonchev–Trinajstić information content (AvgIpc) is 2.80. The zero-order valence-electron chi connectivity index (χ0n) is 16.2. The molecule has 4 rings (SSSR count). The summed E-state index contributed by atoms with van der Waals surface area (Å²) in [6.45, 7) is 2.40. The minimum absolute atomic E-state index is 0.115. The number of carbonyl (C=O) groups is 2. The zero-order valence-corrected chi connectivity index (χ0v) is 16.9. The van der Waals surface area contributed by atoms with Crippen LogP contribution in [0.4, 0.5) is 11.6 Å². The van der Waals surface area contributed by atoms with E-state index in [4.69, 9.17) is 11.6 Å². The fraction of sp³-hybridized carbons (Fsp3) is 0.182. The zero-order chi connectivity index (χ0) is 20.9. The molecule has 0 spiro atoms. The Morgan fingerprint density at radius 2 is 1.53 bits per heavy atom. The van der Waals surface area contributed by atoms with Crippen molar-refractivity contribution in [1.82, 2.24) is 14.9 Å². The van der Waals surface area contributed by atoms with Gasteiger partial charge in [0.25, 0.3) is 11.8 Å². The minimum Gasteiger partial charge on any atom is -0.337 e. The second-order valence-corrected chi connectivity index (χ2v) is 7.27. The van der Waals surface area contributed by atoms with E-state index in [-0.39, 0.29) is 11.8 Å². The molecule has 2 amide bonds. The van der Waals surface area contributed by atoms with Crippen molar-refractivity contribution in [2.45, 2.75) is 0 Å². The number of aromatic nitrogens is 2. The maximum absolute atomic E-state index is 13.1. The van der Waals surface area contributed by atoms with Crippen LogP contribution in [0, 0.1) is 0 Å². The number of anilines is 2. The lowest BCUT2D eigenvalue weighted by molar-refractivity contribution is 0.0747. The smallest absolute Gasteiger partial charge is 0.256 e. The van der Waals surface area contributed by atoms with Gasteiger partial charge in [-0.2, -0.15) is 0 Å². The Kier molecular flexibility index (Phi) is 5.90. The predicted molar refractivity (Wildman–Crippen MR) is 116 cm³/mol. The average molecular weight is 422 g/mol. The van der Waals surface area contributed by atoms with Gasteiger partial charge in [0.05, 0.1) is 11.3 Å². The molecule has 30 heavy (non-hydrogen) atoms. The number of hydrogen-bond acceptors (Lipinski definition) is 5. The summed E-state index contributed by atoms with van der Waals surface area (Å²) in [5, 5.41) is 3.40. The van der Waals surface area contributed by atoms with Crippen LogP contribution >= 0.6 is 11.6 Å². The highest BCUT2D eigenvalue weighted by Crippen LogP contribution is 2.20. The Morgan fingerprint density at radius 3 is 2.23 bits per heavy atom. The van der Waals surface area contributed by atoms with Gasteiger partial charge in [0.1, 0.15) is 0 Å². The lowest BCUT2D eigenvalue weighted by Crippen LogP contribution is -2.49. The summed E-state index contributed by atoms with van der Waals surface area (Å²) in [7, 11) is 0. The van der Waals surface area contributed by atoms with Crippen LogP contribution in [-0.4, -0.2) is 52.9 Å². The number of carbonyl (C=O) groups excluding carboxylic acids is 2. The van der Waals surface area contributed by atoms with Crippen molar-refractivity contribution in [2.75, 3.05) is 36.4 Å². The van der Waals surface area contributed by atoms with E-state index >= 15 is 0 Å². The van der Waals surface area contributed by atoms with Gasteiger partial charge in [-0.25, -0.2) is 9.97 Å². The molecule has 1 aromatic heterocycles. The van der Waals surface area contributed by atoms with E-state index < -0.39 is 0 Å². The normalized spacial score (nSPS) is 13.8. The van der Waals surface area contributed by atoms with Crippen LogP contribution in [0.1, 0.15) is 20.7 Å². The van der Waals surface area contributed by atoms with Gasteiger partial charge in [-0.3, -0.25) is 9.59 Å². The first-order chi connectivity index (χ1) is 14.6. The predicted octanol–water partition coefficient (Wildman–Crippen LogP) is 3.34. The van der Waals surface area contributed by atoms with Crippen LogP contribution in [0.2, 0.25) is 5.02 Å². The maximum atomic E-state index is 13.1. The molecule has 0 radical (unpaired) electrons. The standard InChI is InChI=1S/C22H20ClN5O2/c23-17-8-6-16(7-9-17)20(29)26-19-5-2-1-4-18(19)21(30)27-12-14-28(15-13-27)22-24-10-3-11-25-22/h1-11H,12-15H2,(H,26,29). The molecule has 0 atom stereocenters. The molecular weight excluding hydrogens is 402 g/mol. The van der Waals surface area contributed by atoms with Gasteiger partial charge in [-0.1, -0.05) is 23.7 Å². The van der Waals surface area contributed by atoms with E-state index in [2.05, 4.69) is 20.2 Å². The number of rotatable bonds is 4. The number of hydrogen-bond donors (Lipinski definition) is 1. The van der Waals surface area contributed by atoms with Crippen molar-refractivity contribution < 1.29 is 9.59 Å². The molecule has 0 aliphatic carbocycles. The van der Waals surface area contributed by atoms with E-state index in [0.29, 0.717) is 54.0 Å². The molecule has 1 aliphatic rings. The molecular formula is C22H20ClN5O2. The maximum Gasteiger partial charge on any atom is 0.256 e. The van der Waals surface area contributed by atoms with Crippen molar-refractivity contribution in [1.29, 1.82) is 0 Å². The Labute approximate surface area is 179 Å². The Balaban J connectivity index is 1.45. The van der Waals surface area contributed by atoms with E-state index in [1.165, 1.54) is 0 Å². The number of benzene rings is 2. The van der Waals surface area contributed by atoms with Crippen molar-refractivity contribution in [3.05, 3.63) is 83.1 Å². The third-order valence-electron chi connectivity index (χ3n) is 4.91. The number of halogens is 1. The Hall–Kier alpha value is -3.45. The van der Waals surface area contributed by atoms with Crippen molar-refractivity contribution in [2.24, 2.45) is 0 Å². The van der Waals surface area contributed by atoms with Crippen molar-refractivity contribution in [3.8, 4) is 0 Å². The molecule has 1 aliphatic heterocycles. The third-order valence-corrected chi connectivity index (χ3v) is 5.17. The summed E-state index contributed by atoms with van der Waals surface area (Å²) in [6, 6.07) is 15.4. The van der Waals surface area contributed by atoms with E-state index in [0.717, 1.165) is 0 Å². The van der Waals surface area contributed by atoms with Crippen LogP contribution < -0.4 is 10.2 Å². The Morgan fingerprint density at radius 1 is 0.867 bits per heavy atom. The first-order valence-corrected chi connectivity index (χ1v) is 9.97. The lowest BCUT2D eigenvalue weighted by Gasteiger charge is -2.35. The van der Waals surface area contributed by atoms with Crippen LogP contribution in [0.5, 0.6) is 0 Å². The fourth-order valence-corrected chi connectivity index (χ4v) is 3.43. The molecule has 1 N–H and O–H groups in total. The highest BCUT2D eigenvalue weighted by molar-refractivity contribution is 6.30. The summed E-state index contributed by atoms with van der Waals surface area (Å²) >= 11 is 5.89. The van der Waals surface area contributed by atoms with Gasteiger partial charge in [0.2, 0.25) is 5.95 Å². The number of nitrogens with zero attached hydrogens (tertiary/aromatic N) is 4. The molecule has 2 heterocycles. The molecule has 0 saturated carbocycles. The summed E-state index contributed by atoms with van der Waals surface area (Å²) in [5.74, 6) is 0.258. The van der Waals surface area contributed by atoms with Crippen molar-refractivity contribution >= 4 is 35.1 Å². The number of para-hydroxylation sites is 1. The van der Waals surface area contributed by atoms with Crippen LogP contribution in [0.15, 0.2) is 67.0 Å². The molecule has 8 heteroatoms. The van der Waals surface area contributed by atoms with Gasteiger partial charge < -0.3 is 15.1 Å². The summed E-state index contributed by atoms with van der Waals surface area (Å²) < 4.78 is 0.